The Hall–Kier alpha value is -1.38. The number of aromatic nitrogens is 1. The number of hydrogen-bond acceptors (Lipinski definition) is 1. The van der Waals surface area contributed by atoms with E-state index in [9.17, 15) is 4.79 Å². The number of pyridine rings is 1. The third kappa shape index (κ3) is 2.37. The smallest absolute Gasteiger partial charge is 0.222 e. The summed E-state index contributed by atoms with van der Waals surface area (Å²) < 4.78 is 1.64. The van der Waals surface area contributed by atoms with Crippen molar-refractivity contribution in [1.82, 2.24) is 0 Å². The fraction of sp³-hybridized carbons (Fsp3) is 0.125. The molecule has 0 fully saturated rings. The lowest BCUT2D eigenvalue weighted by Gasteiger charge is -1.92. The molecular formula is C8H10N2O+. The summed E-state index contributed by atoms with van der Waals surface area (Å²) in [5, 5.41) is 0. The van der Waals surface area contributed by atoms with Gasteiger partial charge < -0.3 is 5.73 Å². The van der Waals surface area contributed by atoms with Gasteiger partial charge in [-0.1, -0.05) is 0 Å². The van der Waals surface area contributed by atoms with Gasteiger partial charge in [-0.15, -0.1) is 0 Å². The molecule has 0 atom stereocenters. The van der Waals surface area contributed by atoms with E-state index in [1.807, 2.05) is 12.1 Å². The van der Waals surface area contributed by atoms with Crippen molar-refractivity contribution in [1.29, 1.82) is 0 Å². The molecule has 0 aliphatic carbocycles. The maximum absolute atomic E-state index is 10.5. The molecule has 0 unspecified atom stereocenters. The first kappa shape index (κ1) is 7.72. The molecule has 0 aromatic carbocycles. The molecule has 0 spiro atoms. The number of primary amides is 1. The van der Waals surface area contributed by atoms with Crippen LogP contribution in [0.5, 0.6) is 0 Å². The molecule has 11 heavy (non-hydrogen) atoms. The van der Waals surface area contributed by atoms with Crippen LogP contribution in [0.25, 0.3) is 0 Å². The predicted octanol–water partition coefficient (Wildman–Crippen LogP) is -0.358. The van der Waals surface area contributed by atoms with Crippen molar-refractivity contribution in [3.63, 3.8) is 0 Å². The predicted molar refractivity (Wildman–Crippen MR) is 40.3 cm³/mol. The number of amides is 1. The molecule has 1 radical (unpaired) electrons. The van der Waals surface area contributed by atoms with Crippen LogP contribution < -0.4 is 10.3 Å². The zero-order valence-corrected chi connectivity index (χ0v) is 6.16. The molecule has 2 N–H and O–H groups in total. The number of carbonyl (C=O) groups excluding carboxylic acids is 1. The van der Waals surface area contributed by atoms with E-state index in [4.69, 9.17) is 5.73 Å². The van der Waals surface area contributed by atoms with Gasteiger partial charge in [-0.3, -0.25) is 4.79 Å². The van der Waals surface area contributed by atoms with Crippen LogP contribution in [-0.4, -0.2) is 5.91 Å². The van der Waals surface area contributed by atoms with E-state index in [0.29, 0.717) is 0 Å². The van der Waals surface area contributed by atoms with E-state index in [1.165, 1.54) is 0 Å². The van der Waals surface area contributed by atoms with Gasteiger partial charge in [0, 0.05) is 11.6 Å². The molecule has 57 valence electrons. The topological polar surface area (TPSA) is 47.0 Å². The summed E-state index contributed by atoms with van der Waals surface area (Å²) in [6.07, 6.45) is 3.84. The highest BCUT2D eigenvalue weighted by atomic mass is 16.1. The summed E-state index contributed by atoms with van der Waals surface area (Å²) in [7, 11) is 3.65. The molecule has 0 bridgehead atoms. The van der Waals surface area contributed by atoms with E-state index in [0.717, 1.165) is 5.56 Å². The quantitative estimate of drug-likeness (QED) is 0.575. The van der Waals surface area contributed by atoms with Gasteiger partial charge in [-0.2, -0.15) is 4.57 Å². The lowest BCUT2D eigenvalue weighted by Crippen LogP contribution is -2.25. The van der Waals surface area contributed by atoms with Gasteiger partial charge in [0.05, 0.1) is 6.42 Å². The van der Waals surface area contributed by atoms with Crippen LogP contribution in [0.3, 0.4) is 0 Å². The lowest BCUT2D eigenvalue weighted by molar-refractivity contribution is -0.612. The molecule has 0 aliphatic heterocycles. The third-order valence-electron chi connectivity index (χ3n) is 1.30. The first-order chi connectivity index (χ1) is 5.18. The Labute approximate surface area is 65.5 Å². The largest absolute Gasteiger partial charge is 0.369 e. The molecular weight excluding hydrogens is 140 g/mol. The van der Waals surface area contributed by atoms with Crippen molar-refractivity contribution >= 4 is 5.91 Å². The van der Waals surface area contributed by atoms with Gasteiger partial charge in [0.1, 0.15) is 0 Å². The number of carbonyl (C=O) groups is 1. The second-order valence-corrected chi connectivity index (χ2v) is 2.37. The standard InChI is InChI=1S/C8H10N2O/c1-10-4-2-3-7(6-10)5-8(9)11/h2-4,6H,1,5H2,(H2,9,11)/q+1. The number of nitrogens with zero attached hydrogens (tertiary/aromatic N) is 1. The molecule has 1 amide bonds. The van der Waals surface area contributed by atoms with Gasteiger partial charge in [0.25, 0.3) is 0 Å². The number of hydrogen-bond donors (Lipinski definition) is 1. The van der Waals surface area contributed by atoms with Gasteiger partial charge in [0.15, 0.2) is 12.4 Å². The fourth-order valence-electron chi connectivity index (χ4n) is 0.882. The van der Waals surface area contributed by atoms with Crippen LogP contribution in [0.1, 0.15) is 5.56 Å². The van der Waals surface area contributed by atoms with Crippen molar-refractivity contribution < 1.29 is 9.36 Å². The number of nitrogens with two attached hydrogens (primary N) is 1. The highest BCUT2D eigenvalue weighted by molar-refractivity contribution is 5.76. The molecule has 1 rings (SSSR count). The SMILES string of the molecule is [CH2][n+]1cccc(CC(N)=O)c1. The summed E-state index contributed by atoms with van der Waals surface area (Å²) >= 11 is 0. The molecule has 1 aromatic rings. The molecule has 1 heterocycles. The Morgan fingerprint density at radius 2 is 2.45 bits per heavy atom. The van der Waals surface area contributed by atoms with Crippen LogP contribution >= 0.6 is 0 Å². The second kappa shape index (κ2) is 3.14. The highest BCUT2D eigenvalue weighted by Gasteiger charge is 2.00. The maximum atomic E-state index is 10.5. The van der Waals surface area contributed by atoms with Crippen molar-refractivity contribution in [3.05, 3.63) is 37.1 Å². The first-order valence-corrected chi connectivity index (χ1v) is 3.28. The van der Waals surface area contributed by atoms with E-state index in [2.05, 4.69) is 7.05 Å². The molecule has 0 aliphatic rings. The van der Waals surface area contributed by atoms with Crippen LogP contribution in [0, 0.1) is 7.05 Å². The van der Waals surface area contributed by atoms with Crippen molar-refractivity contribution in [3.8, 4) is 0 Å². The summed E-state index contributed by atoms with van der Waals surface area (Å²) in [4.78, 5) is 10.5. The van der Waals surface area contributed by atoms with E-state index in [1.54, 1.807) is 17.0 Å². The van der Waals surface area contributed by atoms with Crippen molar-refractivity contribution in [2.24, 2.45) is 5.73 Å². The Morgan fingerprint density at radius 3 is 3.00 bits per heavy atom. The van der Waals surface area contributed by atoms with Gasteiger partial charge >= 0.3 is 0 Å². The summed E-state index contributed by atoms with van der Waals surface area (Å²) in [6.45, 7) is 0. The average Bonchev–Trinajstić information content (AvgIpc) is 1.85. The lowest BCUT2D eigenvalue weighted by atomic mass is 10.2. The zero-order valence-electron chi connectivity index (χ0n) is 6.16. The average molecular weight is 150 g/mol. The van der Waals surface area contributed by atoms with E-state index in [-0.39, 0.29) is 12.3 Å². The van der Waals surface area contributed by atoms with Crippen LogP contribution in [0.4, 0.5) is 0 Å². The van der Waals surface area contributed by atoms with Crippen LogP contribution in [-0.2, 0) is 11.2 Å². The fourth-order valence-corrected chi connectivity index (χ4v) is 0.882. The molecule has 1 aromatic heterocycles. The maximum Gasteiger partial charge on any atom is 0.222 e. The molecule has 3 heteroatoms. The van der Waals surface area contributed by atoms with Crippen LogP contribution in [0.2, 0.25) is 0 Å². The minimum absolute atomic E-state index is 0.274. The monoisotopic (exact) mass is 150 g/mol. The summed E-state index contributed by atoms with van der Waals surface area (Å²) in [5.74, 6) is -0.323. The van der Waals surface area contributed by atoms with Gasteiger partial charge in [-0.05, 0) is 6.07 Å². The van der Waals surface area contributed by atoms with Gasteiger partial charge in [-0.25, -0.2) is 0 Å². The Morgan fingerprint density at radius 1 is 1.73 bits per heavy atom. The molecule has 3 nitrogen and oxygen atoms in total. The van der Waals surface area contributed by atoms with Gasteiger partial charge in [0.2, 0.25) is 13.0 Å². The van der Waals surface area contributed by atoms with Crippen molar-refractivity contribution in [2.45, 2.75) is 6.42 Å². The zero-order chi connectivity index (χ0) is 8.27. The van der Waals surface area contributed by atoms with Crippen molar-refractivity contribution in [2.75, 3.05) is 0 Å². The summed E-state index contributed by atoms with van der Waals surface area (Å²) in [5.41, 5.74) is 5.89. The minimum Gasteiger partial charge on any atom is -0.369 e. The Kier molecular flexibility index (Phi) is 2.21. The van der Waals surface area contributed by atoms with E-state index < -0.39 is 0 Å². The minimum atomic E-state index is -0.323. The van der Waals surface area contributed by atoms with Crippen LogP contribution in [0.15, 0.2) is 24.5 Å². The van der Waals surface area contributed by atoms with E-state index >= 15 is 0 Å². The third-order valence-corrected chi connectivity index (χ3v) is 1.30. The Balaban J connectivity index is 2.79. The summed E-state index contributed by atoms with van der Waals surface area (Å²) in [6, 6.07) is 3.66. The first-order valence-electron chi connectivity index (χ1n) is 3.28. The number of rotatable bonds is 2. The molecule has 0 saturated heterocycles. The Bertz CT molecular complexity index is 271. The second-order valence-electron chi connectivity index (χ2n) is 2.37. The highest BCUT2D eigenvalue weighted by Crippen LogP contribution is 1.93. The molecule has 0 saturated carbocycles. The normalized spacial score (nSPS) is 9.55.